The predicted molar refractivity (Wildman–Crippen MR) is 73.4 cm³/mol. The van der Waals surface area contributed by atoms with Crippen molar-refractivity contribution in [2.45, 2.75) is 24.0 Å². The van der Waals surface area contributed by atoms with Crippen LogP contribution >= 0.6 is 0 Å². The molecule has 1 aromatic rings. The SMILES string of the molecule is CC(C)S(=O)(=O)c1ccccc1C(=O)N(C)CC(=O)O. The van der Waals surface area contributed by atoms with Gasteiger partial charge in [-0.1, -0.05) is 12.1 Å². The largest absolute Gasteiger partial charge is 0.480 e. The minimum atomic E-state index is -3.61. The van der Waals surface area contributed by atoms with E-state index in [0.717, 1.165) is 4.90 Å². The number of hydrogen-bond donors (Lipinski definition) is 1. The van der Waals surface area contributed by atoms with Gasteiger partial charge in [-0.3, -0.25) is 9.59 Å². The highest BCUT2D eigenvalue weighted by Gasteiger charge is 2.26. The van der Waals surface area contributed by atoms with Crippen molar-refractivity contribution in [3.05, 3.63) is 29.8 Å². The number of rotatable bonds is 5. The second-order valence-corrected chi connectivity index (χ2v) is 7.12. The first kappa shape index (κ1) is 16.2. The summed E-state index contributed by atoms with van der Waals surface area (Å²) in [5.41, 5.74) is -0.00931. The summed E-state index contributed by atoms with van der Waals surface area (Å²) in [6.07, 6.45) is 0. The Morgan fingerprint density at radius 3 is 2.30 bits per heavy atom. The van der Waals surface area contributed by atoms with Crippen molar-refractivity contribution in [3.8, 4) is 0 Å². The van der Waals surface area contributed by atoms with Gasteiger partial charge in [0.05, 0.1) is 15.7 Å². The number of sulfone groups is 1. The average Bonchev–Trinajstić information content (AvgIpc) is 2.36. The quantitative estimate of drug-likeness (QED) is 0.876. The van der Waals surface area contributed by atoms with Crippen LogP contribution in [0.15, 0.2) is 29.2 Å². The molecule has 1 aromatic carbocycles. The van der Waals surface area contributed by atoms with Crippen molar-refractivity contribution in [2.75, 3.05) is 13.6 Å². The van der Waals surface area contributed by atoms with Crippen LogP contribution in [0.2, 0.25) is 0 Å². The molecule has 110 valence electrons. The van der Waals surface area contributed by atoms with E-state index in [9.17, 15) is 18.0 Å². The van der Waals surface area contributed by atoms with E-state index < -0.39 is 33.5 Å². The van der Waals surface area contributed by atoms with E-state index in [1.807, 2.05) is 0 Å². The molecule has 1 rings (SSSR count). The Labute approximate surface area is 117 Å². The molecule has 0 spiro atoms. The first-order valence-electron chi connectivity index (χ1n) is 5.98. The van der Waals surface area contributed by atoms with Gasteiger partial charge in [0.2, 0.25) is 0 Å². The molecule has 0 radical (unpaired) electrons. The summed E-state index contributed by atoms with van der Waals surface area (Å²) < 4.78 is 24.4. The fraction of sp³-hybridized carbons (Fsp3) is 0.385. The minimum Gasteiger partial charge on any atom is -0.480 e. The van der Waals surface area contributed by atoms with Gasteiger partial charge in [-0.05, 0) is 26.0 Å². The molecule has 7 heteroatoms. The number of carboxylic acid groups (broad SMARTS) is 1. The van der Waals surface area contributed by atoms with Gasteiger partial charge in [0, 0.05) is 7.05 Å². The van der Waals surface area contributed by atoms with Crippen LogP contribution in [-0.2, 0) is 14.6 Å². The van der Waals surface area contributed by atoms with Crippen LogP contribution in [0.25, 0.3) is 0 Å². The molecule has 0 heterocycles. The molecule has 0 saturated carbocycles. The molecule has 6 nitrogen and oxygen atoms in total. The van der Waals surface area contributed by atoms with Crippen LogP contribution in [0, 0.1) is 0 Å². The average molecular weight is 299 g/mol. The number of carbonyl (C=O) groups is 2. The topological polar surface area (TPSA) is 91.8 Å². The molecule has 20 heavy (non-hydrogen) atoms. The molecule has 0 atom stereocenters. The number of nitrogens with zero attached hydrogens (tertiary/aromatic N) is 1. The van der Waals surface area contributed by atoms with Gasteiger partial charge in [-0.15, -0.1) is 0 Å². The van der Waals surface area contributed by atoms with E-state index in [2.05, 4.69) is 0 Å². The molecule has 0 unspecified atom stereocenters. The van der Waals surface area contributed by atoms with Crippen molar-refractivity contribution >= 4 is 21.7 Å². The van der Waals surface area contributed by atoms with Gasteiger partial charge in [0.25, 0.3) is 5.91 Å². The number of hydrogen-bond acceptors (Lipinski definition) is 4. The number of aliphatic carboxylic acids is 1. The lowest BCUT2D eigenvalue weighted by atomic mass is 10.2. The third-order valence-corrected chi connectivity index (χ3v) is 4.97. The van der Waals surface area contributed by atoms with Gasteiger partial charge < -0.3 is 10.0 Å². The Morgan fingerprint density at radius 2 is 1.80 bits per heavy atom. The van der Waals surface area contributed by atoms with Crippen molar-refractivity contribution in [1.29, 1.82) is 0 Å². The van der Waals surface area contributed by atoms with Crippen molar-refractivity contribution in [3.63, 3.8) is 0 Å². The zero-order chi connectivity index (χ0) is 15.5. The lowest BCUT2D eigenvalue weighted by Gasteiger charge is -2.18. The van der Waals surface area contributed by atoms with E-state index in [1.54, 1.807) is 6.07 Å². The monoisotopic (exact) mass is 299 g/mol. The molecular weight excluding hydrogens is 282 g/mol. The zero-order valence-electron chi connectivity index (χ0n) is 11.5. The number of likely N-dealkylation sites (N-methyl/N-ethyl adjacent to an activating group) is 1. The Kier molecular flexibility index (Phi) is 4.88. The minimum absolute atomic E-state index is 0.00931. The zero-order valence-corrected chi connectivity index (χ0v) is 12.3. The van der Waals surface area contributed by atoms with Crippen LogP contribution in [0.3, 0.4) is 0 Å². The highest BCUT2D eigenvalue weighted by atomic mass is 32.2. The number of benzene rings is 1. The molecule has 1 N–H and O–H groups in total. The van der Waals surface area contributed by atoms with Gasteiger partial charge in [-0.25, -0.2) is 8.42 Å². The lowest BCUT2D eigenvalue weighted by molar-refractivity contribution is -0.137. The van der Waals surface area contributed by atoms with Gasteiger partial charge >= 0.3 is 5.97 Å². The van der Waals surface area contributed by atoms with Gasteiger partial charge in [0.1, 0.15) is 6.54 Å². The highest BCUT2D eigenvalue weighted by molar-refractivity contribution is 7.92. The fourth-order valence-corrected chi connectivity index (χ4v) is 2.86. The van der Waals surface area contributed by atoms with E-state index in [4.69, 9.17) is 5.11 Å². The molecule has 0 aliphatic heterocycles. The molecule has 0 saturated heterocycles. The Bertz CT molecular complexity index is 621. The van der Waals surface area contributed by atoms with Crippen LogP contribution in [-0.4, -0.2) is 49.1 Å². The third kappa shape index (κ3) is 3.36. The predicted octanol–water partition coefficient (Wildman–Crippen LogP) is 1.03. The van der Waals surface area contributed by atoms with Crippen LogP contribution in [0.5, 0.6) is 0 Å². The van der Waals surface area contributed by atoms with Crippen LogP contribution < -0.4 is 0 Å². The van der Waals surface area contributed by atoms with Gasteiger partial charge in [-0.2, -0.15) is 0 Å². The Hall–Kier alpha value is -1.89. The first-order valence-corrected chi connectivity index (χ1v) is 7.52. The molecular formula is C13H17NO5S. The second-order valence-electron chi connectivity index (χ2n) is 4.64. The smallest absolute Gasteiger partial charge is 0.323 e. The van der Waals surface area contributed by atoms with Gasteiger partial charge in [0.15, 0.2) is 9.84 Å². The molecule has 0 fully saturated rings. The fourth-order valence-electron chi connectivity index (χ4n) is 1.63. The molecule has 0 aliphatic carbocycles. The van der Waals surface area contributed by atoms with Crippen LogP contribution in [0.1, 0.15) is 24.2 Å². The molecule has 0 aliphatic rings. The maximum absolute atomic E-state index is 12.2. The number of amides is 1. The second kappa shape index (κ2) is 6.04. The summed E-state index contributed by atoms with van der Waals surface area (Å²) in [5.74, 6) is -1.79. The van der Waals surface area contributed by atoms with E-state index >= 15 is 0 Å². The lowest BCUT2D eigenvalue weighted by Crippen LogP contribution is -2.33. The summed E-state index contributed by atoms with van der Waals surface area (Å²) in [6, 6.07) is 5.82. The molecule has 0 bridgehead atoms. The first-order chi connectivity index (χ1) is 9.17. The number of carbonyl (C=O) groups excluding carboxylic acids is 1. The van der Waals surface area contributed by atoms with E-state index in [0.29, 0.717) is 0 Å². The summed E-state index contributed by atoms with van der Waals surface area (Å²) in [4.78, 5) is 23.7. The summed E-state index contributed by atoms with van der Waals surface area (Å²) in [5, 5.41) is 8.02. The Balaban J connectivity index is 3.28. The summed E-state index contributed by atoms with van der Waals surface area (Å²) >= 11 is 0. The van der Waals surface area contributed by atoms with Crippen molar-refractivity contribution in [1.82, 2.24) is 4.90 Å². The van der Waals surface area contributed by atoms with E-state index in [1.165, 1.54) is 39.1 Å². The van der Waals surface area contributed by atoms with Crippen LogP contribution in [0.4, 0.5) is 0 Å². The van der Waals surface area contributed by atoms with Crippen molar-refractivity contribution in [2.24, 2.45) is 0 Å². The standard InChI is InChI=1S/C13H17NO5S/c1-9(2)20(18,19)11-7-5-4-6-10(11)13(17)14(3)8-12(15)16/h4-7,9H,8H2,1-3H3,(H,15,16). The number of carboxylic acids is 1. The van der Waals surface area contributed by atoms with E-state index in [-0.39, 0.29) is 10.5 Å². The maximum Gasteiger partial charge on any atom is 0.323 e. The highest BCUT2D eigenvalue weighted by Crippen LogP contribution is 2.21. The van der Waals surface area contributed by atoms with Crippen molar-refractivity contribution < 1.29 is 23.1 Å². The molecule has 0 aromatic heterocycles. The maximum atomic E-state index is 12.2. The normalized spacial score (nSPS) is 11.4. The third-order valence-electron chi connectivity index (χ3n) is 2.76. The summed E-state index contributed by atoms with van der Waals surface area (Å²) in [7, 11) is -2.29. The summed E-state index contributed by atoms with van der Waals surface area (Å²) in [6.45, 7) is 2.56. The Morgan fingerprint density at radius 1 is 1.25 bits per heavy atom. The molecule has 1 amide bonds.